The molecule has 2 aromatic heterocycles. The van der Waals surface area contributed by atoms with Gasteiger partial charge in [-0.2, -0.15) is 17.7 Å². The first kappa shape index (κ1) is 18.9. The number of pyridine rings is 1. The number of methoxy groups -OCH3 is 1. The number of nitrogens with one attached hydrogen (secondary N) is 1. The molecule has 0 saturated carbocycles. The van der Waals surface area contributed by atoms with Gasteiger partial charge >= 0.3 is 0 Å². The average molecular weight is 381 g/mol. The molecular formula is C16H23N5O4S. The van der Waals surface area contributed by atoms with Crippen molar-refractivity contribution in [1.29, 1.82) is 0 Å². The smallest absolute Gasteiger partial charge is 0.279 e. The Labute approximate surface area is 152 Å². The van der Waals surface area contributed by atoms with Crippen LogP contribution in [0.15, 0.2) is 29.0 Å². The van der Waals surface area contributed by atoms with Gasteiger partial charge in [0.05, 0.1) is 0 Å². The van der Waals surface area contributed by atoms with Crippen molar-refractivity contribution < 1.29 is 17.7 Å². The van der Waals surface area contributed by atoms with E-state index in [1.165, 1.54) is 4.31 Å². The van der Waals surface area contributed by atoms with Gasteiger partial charge in [0, 0.05) is 57.7 Å². The molecule has 10 heteroatoms. The number of hydrogen-bond acceptors (Lipinski definition) is 7. The third-order valence-corrected chi connectivity index (χ3v) is 5.94. The zero-order valence-electron chi connectivity index (χ0n) is 14.7. The summed E-state index contributed by atoms with van der Waals surface area (Å²) < 4.78 is 39.1. The zero-order valence-corrected chi connectivity index (χ0v) is 15.5. The van der Waals surface area contributed by atoms with E-state index in [1.807, 2.05) is 6.07 Å². The van der Waals surface area contributed by atoms with Gasteiger partial charge in [-0.05, 0) is 30.9 Å². The second-order valence-electron chi connectivity index (χ2n) is 6.20. The SMILES string of the molecule is COCC1CCN(S(=O)(=O)NCCc2nc(-c3cccnc3)no2)CC1. The van der Waals surface area contributed by atoms with Crippen LogP contribution in [0.1, 0.15) is 18.7 Å². The Balaban J connectivity index is 1.48. The van der Waals surface area contributed by atoms with Crippen molar-refractivity contribution in [3.8, 4) is 11.4 Å². The molecule has 1 aliphatic heterocycles. The molecule has 0 unspecified atom stereocenters. The Morgan fingerprint density at radius 3 is 2.88 bits per heavy atom. The van der Waals surface area contributed by atoms with Gasteiger partial charge < -0.3 is 9.26 Å². The third-order valence-electron chi connectivity index (χ3n) is 4.33. The molecular weight excluding hydrogens is 358 g/mol. The van der Waals surface area contributed by atoms with Crippen LogP contribution in [0, 0.1) is 5.92 Å². The quantitative estimate of drug-likeness (QED) is 0.722. The van der Waals surface area contributed by atoms with Crippen LogP contribution in [0.3, 0.4) is 0 Å². The zero-order chi connectivity index (χ0) is 18.4. The predicted molar refractivity (Wildman–Crippen MR) is 94.3 cm³/mol. The number of hydrogen-bond donors (Lipinski definition) is 1. The minimum Gasteiger partial charge on any atom is -0.384 e. The highest BCUT2D eigenvalue weighted by Gasteiger charge is 2.27. The van der Waals surface area contributed by atoms with Gasteiger partial charge in [-0.1, -0.05) is 5.16 Å². The number of nitrogens with zero attached hydrogens (tertiary/aromatic N) is 4. The van der Waals surface area contributed by atoms with Crippen molar-refractivity contribution in [1.82, 2.24) is 24.2 Å². The molecule has 142 valence electrons. The van der Waals surface area contributed by atoms with Crippen molar-refractivity contribution in [3.05, 3.63) is 30.4 Å². The van der Waals surface area contributed by atoms with Crippen LogP contribution in [0.25, 0.3) is 11.4 Å². The standard InChI is InChI=1S/C16H23N5O4S/c1-24-12-13-5-9-21(10-6-13)26(22,23)18-8-4-15-19-16(20-25-15)14-3-2-7-17-11-14/h2-3,7,11,13,18H,4-6,8-10,12H2,1H3. The Kier molecular flexibility index (Phi) is 6.30. The first-order valence-corrected chi connectivity index (χ1v) is 9.99. The Hall–Kier alpha value is -1.88. The van der Waals surface area contributed by atoms with Crippen molar-refractivity contribution in [3.63, 3.8) is 0 Å². The maximum atomic E-state index is 12.4. The Bertz CT molecular complexity index is 788. The molecule has 0 amide bonds. The number of aromatic nitrogens is 3. The molecule has 1 N–H and O–H groups in total. The van der Waals surface area contributed by atoms with Gasteiger partial charge in [-0.25, -0.2) is 4.72 Å². The van der Waals surface area contributed by atoms with Crippen LogP contribution >= 0.6 is 0 Å². The summed E-state index contributed by atoms with van der Waals surface area (Å²) in [7, 11) is -1.83. The van der Waals surface area contributed by atoms with Gasteiger partial charge in [-0.3, -0.25) is 4.98 Å². The van der Waals surface area contributed by atoms with E-state index in [2.05, 4.69) is 19.8 Å². The van der Waals surface area contributed by atoms with Crippen LogP contribution in [-0.4, -0.2) is 61.2 Å². The van der Waals surface area contributed by atoms with E-state index in [-0.39, 0.29) is 6.54 Å². The van der Waals surface area contributed by atoms with E-state index in [1.54, 1.807) is 25.6 Å². The maximum Gasteiger partial charge on any atom is 0.279 e. The lowest BCUT2D eigenvalue weighted by Crippen LogP contribution is -2.45. The maximum absolute atomic E-state index is 12.4. The molecule has 2 aromatic rings. The summed E-state index contributed by atoms with van der Waals surface area (Å²) in [4.78, 5) is 8.27. The summed E-state index contributed by atoms with van der Waals surface area (Å²) in [5.74, 6) is 1.25. The summed E-state index contributed by atoms with van der Waals surface area (Å²) in [5, 5.41) is 3.89. The fraction of sp³-hybridized carbons (Fsp3) is 0.562. The minimum absolute atomic E-state index is 0.203. The highest BCUT2D eigenvalue weighted by atomic mass is 32.2. The fourth-order valence-electron chi connectivity index (χ4n) is 2.90. The second-order valence-corrected chi connectivity index (χ2v) is 7.96. The molecule has 0 bridgehead atoms. The van der Waals surface area contributed by atoms with Crippen molar-refractivity contribution in [2.45, 2.75) is 19.3 Å². The average Bonchev–Trinajstić information content (AvgIpc) is 3.12. The number of ether oxygens (including phenoxy) is 1. The summed E-state index contributed by atoms with van der Waals surface area (Å²) in [5.41, 5.74) is 0.752. The van der Waals surface area contributed by atoms with Gasteiger partial charge in [0.25, 0.3) is 10.2 Å². The lowest BCUT2D eigenvalue weighted by atomic mass is 9.99. The summed E-state index contributed by atoms with van der Waals surface area (Å²) in [6.45, 7) is 1.90. The van der Waals surface area contributed by atoms with E-state index in [0.717, 1.165) is 18.4 Å². The molecule has 1 saturated heterocycles. The summed E-state index contributed by atoms with van der Waals surface area (Å²) in [6.07, 6.45) is 5.26. The molecule has 0 atom stereocenters. The number of rotatable bonds is 8. The van der Waals surface area contributed by atoms with E-state index >= 15 is 0 Å². The Morgan fingerprint density at radius 2 is 2.19 bits per heavy atom. The second kappa shape index (κ2) is 8.67. The van der Waals surface area contributed by atoms with E-state index in [9.17, 15) is 8.42 Å². The van der Waals surface area contributed by atoms with Crippen LogP contribution in [0.5, 0.6) is 0 Å². The highest BCUT2D eigenvalue weighted by Crippen LogP contribution is 2.19. The highest BCUT2D eigenvalue weighted by molar-refractivity contribution is 7.87. The molecule has 0 aromatic carbocycles. The van der Waals surface area contributed by atoms with Gasteiger partial charge in [0.2, 0.25) is 11.7 Å². The molecule has 1 fully saturated rings. The molecule has 0 spiro atoms. The summed E-state index contributed by atoms with van der Waals surface area (Å²) >= 11 is 0. The van der Waals surface area contributed by atoms with Crippen LogP contribution in [-0.2, 0) is 21.4 Å². The van der Waals surface area contributed by atoms with Crippen LogP contribution in [0.4, 0.5) is 0 Å². The molecule has 3 rings (SSSR count). The van der Waals surface area contributed by atoms with Gasteiger partial charge in [0.1, 0.15) is 0 Å². The first-order chi connectivity index (χ1) is 12.6. The third kappa shape index (κ3) is 4.85. The first-order valence-electron chi connectivity index (χ1n) is 8.55. The van der Waals surface area contributed by atoms with Gasteiger partial charge in [0.15, 0.2) is 0 Å². The lowest BCUT2D eigenvalue weighted by Gasteiger charge is -2.30. The largest absolute Gasteiger partial charge is 0.384 e. The minimum atomic E-state index is -3.49. The molecule has 1 aliphatic rings. The van der Waals surface area contributed by atoms with Crippen LogP contribution in [0.2, 0.25) is 0 Å². The molecule has 0 aliphatic carbocycles. The normalized spacial score (nSPS) is 16.8. The molecule has 9 nitrogen and oxygen atoms in total. The van der Waals surface area contributed by atoms with Crippen molar-refractivity contribution in [2.75, 3.05) is 33.4 Å². The molecule has 3 heterocycles. The van der Waals surface area contributed by atoms with E-state index < -0.39 is 10.2 Å². The monoisotopic (exact) mass is 381 g/mol. The van der Waals surface area contributed by atoms with Crippen LogP contribution < -0.4 is 4.72 Å². The number of piperidine rings is 1. The summed E-state index contributed by atoms with van der Waals surface area (Å²) in [6, 6.07) is 3.62. The molecule has 26 heavy (non-hydrogen) atoms. The Morgan fingerprint density at radius 1 is 1.38 bits per heavy atom. The fourth-order valence-corrected chi connectivity index (χ4v) is 4.13. The van der Waals surface area contributed by atoms with Crippen molar-refractivity contribution >= 4 is 10.2 Å². The predicted octanol–water partition coefficient (Wildman–Crippen LogP) is 0.867. The van der Waals surface area contributed by atoms with E-state index in [0.29, 0.717) is 43.8 Å². The molecule has 0 radical (unpaired) electrons. The van der Waals surface area contributed by atoms with Crippen molar-refractivity contribution in [2.24, 2.45) is 5.92 Å². The topological polar surface area (TPSA) is 110 Å². The van der Waals surface area contributed by atoms with E-state index in [4.69, 9.17) is 9.26 Å². The van der Waals surface area contributed by atoms with Gasteiger partial charge in [-0.15, -0.1) is 0 Å². The lowest BCUT2D eigenvalue weighted by molar-refractivity contribution is 0.121.